The minimum Gasteiger partial charge on any atom is -0.273 e. The molecule has 0 radical (unpaired) electrons. The number of unbranched alkanes of at least 4 members (excludes halogenated alkanes) is 1. The van der Waals surface area contributed by atoms with Crippen LogP contribution in [0.2, 0.25) is 5.02 Å². The molecule has 0 saturated carbocycles. The first-order valence-electron chi connectivity index (χ1n) is 9.17. The second kappa shape index (κ2) is 10.2. The van der Waals surface area contributed by atoms with Crippen molar-refractivity contribution in [3.05, 3.63) is 76.9 Å². The van der Waals surface area contributed by atoms with Gasteiger partial charge in [0.25, 0.3) is 0 Å². The third-order valence-electron chi connectivity index (χ3n) is 4.38. The Balaban J connectivity index is 1.86. The number of fused-ring (bicyclic) bond motifs is 1. The Kier molecular flexibility index (Phi) is 7.40. The summed E-state index contributed by atoms with van der Waals surface area (Å²) >= 11 is 11.7. The van der Waals surface area contributed by atoms with Crippen molar-refractivity contribution in [2.75, 3.05) is 5.88 Å². The maximum atomic E-state index is 12.1. The van der Waals surface area contributed by atoms with E-state index in [-0.39, 0.29) is 5.91 Å². The van der Waals surface area contributed by atoms with Crippen LogP contribution in [-0.2, 0) is 11.2 Å². The van der Waals surface area contributed by atoms with Gasteiger partial charge in [-0.15, -0.1) is 11.6 Å². The molecule has 0 fully saturated rings. The number of carbonyl (C=O) groups is 1. The number of para-hydroxylation sites is 1. The van der Waals surface area contributed by atoms with Crippen molar-refractivity contribution in [3.8, 4) is 0 Å². The second-order valence-electron chi connectivity index (χ2n) is 6.41. The van der Waals surface area contributed by atoms with Gasteiger partial charge in [0.2, 0.25) is 5.91 Å². The number of amides is 1. The van der Waals surface area contributed by atoms with Crippen LogP contribution in [0.25, 0.3) is 10.9 Å². The van der Waals surface area contributed by atoms with Crippen molar-refractivity contribution in [1.29, 1.82) is 0 Å². The Hall–Kier alpha value is -2.43. The van der Waals surface area contributed by atoms with Gasteiger partial charge in [-0.3, -0.25) is 9.78 Å². The predicted octanol–water partition coefficient (Wildman–Crippen LogP) is 5.36. The number of carbonyl (C=O) groups excluding carboxylic acids is 1. The molecule has 0 spiro atoms. The van der Waals surface area contributed by atoms with Gasteiger partial charge in [-0.05, 0) is 48.2 Å². The average molecular weight is 414 g/mol. The highest BCUT2D eigenvalue weighted by Gasteiger charge is 2.10. The lowest BCUT2D eigenvalue weighted by atomic mass is 9.99. The number of hydrogen-bond acceptors (Lipinski definition) is 3. The summed E-state index contributed by atoms with van der Waals surface area (Å²) in [5, 5.41) is 6.15. The number of hydrogen-bond donors (Lipinski definition) is 1. The largest absolute Gasteiger partial charge is 0.273 e. The van der Waals surface area contributed by atoms with Crippen LogP contribution in [-0.4, -0.2) is 22.5 Å². The van der Waals surface area contributed by atoms with Gasteiger partial charge in [-0.2, -0.15) is 5.10 Å². The standard InChI is InChI=1S/C22H21Cl2N3O/c23-13-4-3-7-22(28)27-26-21(16-8-10-18(24)11-9-16)15-17-12-14-25-20-6-2-1-5-19(17)20/h1-2,5-6,8-12,14H,3-4,7,13,15H2,(H,27,28). The molecule has 0 aliphatic carbocycles. The Morgan fingerprint density at radius 1 is 1.04 bits per heavy atom. The van der Waals surface area contributed by atoms with Crippen LogP contribution < -0.4 is 5.43 Å². The fourth-order valence-corrected chi connectivity index (χ4v) is 3.22. The summed E-state index contributed by atoms with van der Waals surface area (Å²) in [6.07, 6.45) is 4.32. The summed E-state index contributed by atoms with van der Waals surface area (Å²) in [5.74, 6) is 0.443. The molecule has 1 aromatic heterocycles. The van der Waals surface area contributed by atoms with E-state index in [4.69, 9.17) is 23.2 Å². The van der Waals surface area contributed by atoms with Gasteiger partial charge in [0.1, 0.15) is 0 Å². The molecule has 3 rings (SSSR count). The molecule has 6 heteroatoms. The van der Waals surface area contributed by atoms with E-state index in [0.29, 0.717) is 23.7 Å². The lowest BCUT2D eigenvalue weighted by Crippen LogP contribution is -2.20. The van der Waals surface area contributed by atoms with Crippen LogP contribution in [0.4, 0.5) is 0 Å². The van der Waals surface area contributed by atoms with Crippen molar-refractivity contribution >= 4 is 45.7 Å². The van der Waals surface area contributed by atoms with Crippen molar-refractivity contribution in [1.82, 2.24) is 10.4 Å². The summed E-state index contributed by atoms with van der Waals surface area (Å²) in [6.45, 7) is 0. The fourth-order valence-electron chi connectivity index (χ4n) is 2.90. The molecule has 1 amide bonds. The summed E-state index contributed by atoms with van der Waals surface area (Å²) < 4.78 is 0. The van der Waals surface area contributed by atoms with Gasteiger partial charge in [0, 0.05) is 35.3 Å². The second-order valence-corrected chi connectivity index (χ2v) is 7.22. The van der Waals surface area contributed by atoms with Gasteiger partial charge in [0.15, 0.2) is 0 Å². The Bertz CT molecular complexity index is 966. The summed E-state index contributed by atoms with van der Waals surface area (Å²) in [7, 11) is 0. The van der Waals surface area contributed by atoms with Gasteiger partial charge in [-0.25, -0.2) is 5.43 Å². The van der Waals surface area contributed by atoms with Gasteiger partial charge in [0.05, 0.1) is 11.2 Å². The van der Waals surface area contributed by atoms with Crippen molar-refractivity contribution in [2.24, 2.45) is 5.10 Å². The number of aromatic nitrogens is 1. The number of halogens is 2. The molecular weight excluding hydrogens is 393 g/mol. The van der Waals surface area contributed by atoms with Gasteiger partial charge in [-0.1, -0.05) is 41.9 Å². The van der Waals surface area contributed by atoms with E-state index in [1.54, 1.807) is 6.20 Å². The van der Waals surface area contributed by atoms with Gasteiger partial charge >= 0.3 is 0 Å². The monoisotopic (exact) mass is 413 g/mol. The first-order chi connectivity index (χ1) is 13.7. The fraction of sp³-hybridized carbons (Fsp3) is 0.227. The molecule has 2 aromatic carbocycles. The summed E-state index contributed by atoms with van der Waals surface area (Å²) in [5.41, 5.74) is 6.38. The smallest absolute Gasteiger partial charge is 0.240 e. The minimum absolute atomic E-state index is 0.115. The van der Waals surface area contributed by atoms with Crippen LogP contribution >= 0.6 is 23.2 Å². The molecule has 0 aliphatic heterocycles. The quantitative estimate of drug-likeness (QED) is 0.234. The Morgan fingerprint density at radius 3 is 2.61 bits per heavy atom. The van der Waals surface area contributed by atoms with E-state index in [2.05, 4.69) is 15.5 Å². The lowest BCUT2D eigenvalue weighted by Gasteiger charge is -2.10. The Morgan fingerprint density at radius 2 is 1.82 bits per heavy atom. The molecule has 0 atom stereocenters. The van der Waals surface area contributed by atoms with Crippen LogP contribution in [0, 0.1) is 0 Å². The number of nitrogens with zero attached hydrogens (tertiary/aromatic N) is 2. The van der Waals surface area contributed by atoms with Crippen molar-refractivity contribution in [2.45, 2.75) is 25.7 Å². The van der Waals surface area contributed by atoms with E-state index >= 15 is 0 Å². The van der Waals surface area contributed by atoms with Crippen LogP contribution in [0.3, 0.4) is 0 Å². The van der Waals surface area contributed by atoms with Crippen molar-refractivity contribution in [3.63, 3.8) is 0 Å². The highest BCUT2D eigenvalue weighted by molar-refractivity contribution is 6.30. The molecule has 0 unspecified atom stereocenters. The number of alkyl halides is 1. The molecule has 1 heterocycles. The van der Waals surface area contributed by atoms with Gasteiger partial charge < -0.3 is 0 Å². The highest BCUT2D eigenvalue weighted by atomic mass is 35.5. The molecule has 0 saturated heterocycles. The van der Waals surface area contributed by atoms with Crippen LogP contribution in [0.5, 0.6) is 0 Å². The normalized spacial score (nSPS) is 11.6. The zero-order valence-corrected chi connectivity index (χ0v) is 16.9. The van der Waals surface area contributed by atoms with Crippen LogP contribution in [0.15, 0.2) is 65.9 Å². The lowest BCUT2D eigenvalue weighted by molar-refractivity contribution is -0.121. The first kappa shape index (κ1) is 20.3. The highest BCUT2D eigenvalue weighted by Crippen LogP contribution is 2.19. The number of rotatable bonds is 8. The third-order valence-corrected chi connectivity index (χ3v) is 4.90. The van der Waals surface area contributed by atoms with E-state index in [1.807, 2.05) is 54.6 Å². The van der Waals surface area contributed by atoms with E-state index in [0.717, 1.165) is 40.6 Å². The number of nitrogens with one attached hydrogen (secondary N) is 1. The number of hydrazone groups is 1. The predicted molar refractivity (Wildman–Crippen MR) is 116 cm³/mol. The third kappa shape index (κ3) is 5.54. The molecular formula is C22H21Cl2N3O. The molecule has 0 bridgehead atoms. The molecule has 28 heavy (non-hydrogen) atoms. The number of pyridine rings is 1. The molecule has 1 N–H and O–H groups in total. The first-order valence-corrected chi connectivity index (χ1v) is 10.1. The topological polar surface area (TPSA) is 54.4 Å². The zero-order valence-electron chi connectivity index (χ0n) is 15.4. The Labute approximate surface area is 174 Å². The average Bonchev–Trinajstić information content (AvgIpc) is 2.72. The molecule has 3 aromatic rings. The maximum Gasteiger partial charge on any atom is 0.240 e. The number of benzene rings is 2. The molecule has 0 aliphatic rings. The van der Waals surface area contributed by atoms with Crippen LogP contribution in [0.1, 0.15) is 30.4 Å². The maximum absolute atomic E-state index is 12.1. The molecule has 144 valence electrons. The van der Waals surface area contributed by atoms with E-state index < -0.39 is 0 Å². The summed E-state index contributed by atoms with van der Waals surface area (Å²) in [4.78, 5) is 16.5. The SMILES string of the molecule is O=C(CCCCCl)NN=C(Cc1ccnc2ccccc12)c1ccc(Cl)cc1. The zero-order chi connectivity index (χ0) is 19.8. The van der Waals surface area contributed by atoms with E-state index in [1.165, 1.54) is 0 Å². The van der Waals surface area contributed by atoms with E-state index in [9.17, 15) is 4.79 Å². The minimum atomic E-state index is -0.115. The molecule has 4 nitrogen and oxygen atoms in total. The van der Waals surface area contributed by atoms with Crippen molar-refractivity contribution < 1.29 is 4.79 Å². The summed E-state index contributed by atoms with van der Waals surface area (Å²) in [6, 6.07) is 17.4.